The first-order valence-corrected chi connectivity index (χ1v) is 4.75. The normalized spacial score (nSPS) is 11.1. The highest BCUT2D eigenvalue weighted by atomic mass is 16.4. The molecule has 0 aliphatic carbocycles. The molecule has 1 N–H and O–H groups in total. The molecule has 0 radical (unpaired) electrons. The van der Waals surface area contributed by atoms with Crippen LogP contribution in [0.2, 0.25) is 0 Å². The number of carbonyl (C=O) groups is 1. The minimum absolute atomic E-state index is 0.339. The summed E-state index contributed by atoms with van der Waals surface area (Å²) >= 11 is 0. The molecule has 0 saturated heterocycles. The number of hydrogen-bond donors (Lipinski definition) is 1. The number of carboxylic acids is 1. The van der Waals surface area contributed by atoms with Gasteiger partial charge in [0.05, 0.1) is 0 Å². The Morgan fingerprint density at radius 1 is 1.40 bits per heavy atom. The molecular weight excluding hydrogens is 188 g/mol. The van der Waals surface area contributed by atoms with Gasteiger partial charge in [-0.3, -0.25) is 0 Å². The lowest BCUT2D eigenvalue weighted by molar-refractivity contribution is -0.132. The zero-order valence-electron chi connectivity index (χ0n) is 8.73. The highest BCUT2D eigenvalue weighted by Crippen LogP contribution is 2.09. The second kappa shape index (κ2) is 5.15. The number of benzene rings is 1. The lowest BCUT2D eigenvalue weighted by Gasteiger charge is -1.98. The van der Waals surface area contributed by atoms with Crippen molar-refractivity contribution in [2.24, 2.45) is 0 Å². The zero-order valence-corrected chi connectivity index (χ0v) is 8.73. The molecule has 0 fully saturated rings. The molecule has 1 aromatic rings. The van der Waals surface area contributed by atoms with Crippen molar-refractivity contribution in [1.29, 1.82) is 0 Å². The van der Waals surface area contributed by atoms with Crippen LogP contribution < -0.4 is 0 Å². The minimum Gasteiger partial charge on any atom is -0.478 e. The van der Waals surface area contributed by atoms with Crippen molar-refractivity contribution in [3.8, 4) is 0 Å². The van der Waals surface area contributed by atoms with Crippen molar-refractivity contribution in [2.45, 2.75) is 13.3 Å². The number of rotatable bonds is 4. The van der Waals surface area contributed by atoms with Crippen LogP contribution in [0.1, 0.15) is 18.1 Å². The van der Waals surface area contributed by atoms with Gasteiger partial charge in [-0.25, -0.2) is 4.79 Å². The van der Waals surface area contributed by atoms with E-state index < -0.39 is 5.97 Å². The van der Waals surface area contributed by atoms with Crippen LogP contribution in [0.3, 0.4) is 0 Å². The minimum atomic E-state index is -0.884. The molecule has 0 atom stereocenters. The van der Waals surface area contributed by atoms with Crippen molar-refractivity contribution in [1.82, 2.24) is 0 Å². The quantitative estimate of drug-likeness (QED) is 0.602. The summed E-state index contributed by atoms with van der Waals surface area (Å²) in [7, 11) is 0. The predicted octanol–water partition coefficient (Wildman–Crippen LogP) is 2.90. The highest BCUT2D eigenvalue weighted by molar-refractivity contribution is 5.91. The van der Waals surface area contributed by atoms with Crippen LogP contribution in [0.25, 0.3) is 6.08 Å². The Hall–Kier alpha value is -1.83. The van der Waals surface area contributed by atoms with Gasteiger partial charge in [0.25, 0.3) is 0 Å². The van der Waals surface area contributed by atoms with Gasteiger partial charge in [0.2, 0.25) is 0 Å². The molecule has 2 heteroatoms. The number of allylic oxidation sites excluding steroid dienone is 1. The molecule has 0 heterocycles. The van der Waals surface area contributed by atoms with Gasteiger partial charge in [-0.05, 0) is 30.5 Å². The van der Waals surface area contributed by atoms with Crippen molar-refractivity contribution in [3.63, 3.8) is 0 Å². The molecule has 78 valence electrons. The Morgan fingerprint density at radius 2 is 2.00 bits per heavy atom. The molecule has 0 unspecified atom stereocenters. The van der Waals surface area contributed by atoms with E-state index >= 15 is 0 Å². The lowest BCUT2D eigenvalue weighted by atomic mass is 10.1. The average molecular weight is 202 g/mol. The van der Waals surface area contributed by atoms with Crippen molar-refractivity contribution >= 4 is 12.0 Å². The highest BCUT2D eigenvalue weighted by Gasteiger charge is 1.99. The molecule has 0 aliphatic heterocycles. The van der Waals surface area contributed by atoms with E-state index in [1.54, 1.807) is 13.0 Å². The third kappa shape index (κ3) is 3.43. The van der Waals surface area contributed by atoms with Gasteiger partial charge in [-0.1, -0.05) is 30.3 Å². The zero-order chi connectivity index (χ0) is 11.3. The van der Waals surface area contributed by atoms with Crippen molar-refractivity contribution in [3.05, 3.63) is 53.6 Å². The third-order valence-electron chi connectivity index (χ3n) is 2.08. The predicted molar refractivity (Wildman–Crippen MR) is 61.6 cm³/mol. The fourth-order valence-corrected chi connectivity index (χ4v) is 1.23. The Labute approximate surface area is 89.6 Å². The van der Waals surface area contributed by atoms with E-state index in [1.165, 1.54) is 5.56 Å². The number of carboxylic acid groups (broad SMARTS) is 1. The number of hydrogen-bond acceptors (Lipinski definition) is 1. The van der Waals surface area contributed by atoms with Crippen LogP contribution in [0.4, 0.5) is 0 Å². The molecular formula is C13H14O2. The molecule has 0 amide bonds. The fraction of sp³-hybridized carbons (Fsp3) is 0.154. The molecule has 0 spiro atoms. The monoisotopic (exact) mass is 202 g/mol. The molecule has 0 saturated carbocycles. The van der Waals surface area contributed by atoms with Gasteiger partial charge < -0.3 is 5.11 Å². The summed E-state index contributed by atoms with van der Waals surface area (Å²) in [4.78, 5) is 10.6. The number of aliphatic carboxylic acids is 1. The van der Waals surface area contributed by atoms with Gasteiger partial charge in [0, 0.05) is 5.57 Å². The summed E-state index contributed by atoms with van der Waals surface area (Å²) < 4.78 is 0. The van der Waals surface area contributed by atoms with Gasteiger partial charge in [-0.2, -0.15) is 0 Å². The third-order valence-corrected chi connectivity index (χ3v) is 2.08. The summed E-state index contributed by atoms with van der Waals surface area (Å²) in [6, 6.07) is 7.77. The Bertz CT molecular complexity index is 386. The van der Waals surface area contributed by atoms with Crippen LogP contribution >= 0.6 is 0 Å². The Balaban J connectivity index is 2.85. The second-order valence-corrected chi connectivity index (χ2v) is 3.37. The van der Waals surface area contributed by atoms with Gasteiger partial charge >= 0.3 is 5.97 Å². The molecule has 0 bridgehead atoms. The van der Waals surface area contributed by atoms with E-state index in [9.17, 15) is 4.79 Å². The van der Waals surface area contributed by atoms with Gasteiger partial charge in [0.1, 0.15) is 0 Å². The van der Waals surface area contributed by atoms with Crippen LogP contribution in [0.5, 0.6) is 0 Å². The SMILES string of the molecule is C=CCc1ccc(C=C(C)C(=O)O)cc1. The molecule has 2 nitrogen and oxygen atoms in total. The van der Waals surface area contributed by atoms with Crippen LogP contribution in [0, 0.1) is 0 Å². The summed E-state index contributed by atoms with van der Waals surface area (Å²) in [5.74, 6) is -0.884. The molecule has 1 aromatic carbocycles. The van der Waals surface area contributed by atoms with Gasteiger partial charge in [0.15, 0.2) is 0 Å². The van der Waals surface area contributed by atoms with Crippen molar-refractivity contribution < 1.29 is 9.90 Å². The standard InChI is InChI=1S/C13H14O2/c1-3-4-11-5-7-12(8-6-11)9-10(2)13(14)15/h3,5-9H,1,4H2,2H3,(H,14,15). The van der Waals surface area contributed by atoms with Crippen LogP contribution in [-0.2, 0) is 11.2 Å². The first kappa shape index (κ1) is 11.2. The first-order chi connectivity index (χ1) is 7.13. The Morgan fingerprint density at radius 3 is 2.47 bits per heavy atom. The topological polar surface area (TPSA) is 37.3 Å². The lowest BCUT2D eigenvalue weighted by Crippen LogP contribution is -1.95. The van der Waals surface area contributed by atoms with E-state index in [0.29, 0.717) is 5.57 Å². The maximum atomic E-state index is 10.6. The summed E-state index contributed by atoms with van der Waals surface area (Å²) in [6.07, 6.45) is 4.33. The van der Waals surface area contributed by atoms with E-state index in [0.717, 1.165) is 12.0 Å². The van der Waals surface area contributed by atoms with E-state index in [-0.39, 0.29) is 0 Å². The second-order valence-electron chi connectivity index (χ2n) is 3.37. The average Bonchev–Trinajstić information content (AvgIpc) is 2.21. The molecule has 0 aromatic heterocycles. The van der Waals surface area contributed by atoms with Crippen molar-refractivity contribution in [2.75, 3.05) is 0 Å². The maximum absolute atomic E-state index is 10.6. The largest absolute Gasteiger partial charge is 0.478 e. The summed E-state index contributed by atoms with van der Waals surface area (Å²) in [6.45, 7) is 5.24. The van der Waals surface area contributed by atoms with E-state index in [4.69, 9.17) is 5.11 Å². The summed E-state index contributed by atoms with van der Waals surface area (Å²) in [5, 5.41) is 8.70. The molecule has 15 heavy (non-hydrogen) atoms. The maximum Gasteiger partial charge on any atom is 0.331 e. The summed E-state index contributed by atoms with van der Waals surface area (Å²) in [5.41, 5.74) is 2.42. The molecule has 0 aliphatic rings. The van der Waals surface area contributed by atoms with Gasteiger partial charge in [-0.15, -0.1) is 6.58 Å². The molecule has 1 rings (SSSR count). The smallest absolute Gasteiger partial charge is 0.331 e. The van der Waals surface area contributed by atoms with Crippen LogP contribution in [0.15, 0.2) is 42.5 Å². The fourth-order valence-electron chi connectivity index (χ4n) is 1.23. The van der Waals surface area contributed by atoms with E-state index in [2.05, 4.69) is 6.58 Å². The first-order valence-electron chi connectivity index (χ1n) is 4.75. The Kier molecular flexibility index (Phi) is 3.86. The van der Waals surface area contributed by atoms with E-state index in [1.807, 2.05) is 30.3 Å². The van der Waals surface area contributed by atoms with Crippen LogP contribution in [-0.4, -0.2) is 11.1 Å².